The molecule has 28 heavy (non-hydrogen) atoms. The third-order valence-electron chi connectivity index (χ3n) is 4.85. The lowest BCUT2D eigenvalue weighted by atomic mass is 9.99. The number of aromatic amines is 1. The maximum atomic E-state index is 12.8. The fraction of sp³-hybridized carbons (Fsp3) is 0.350. The number of hydrogen-bond donors (Lipinski definition) is 4. The molecule has 1 aromatic heterocycles. The monoisotopic (exact) mass is 386 g/mol. The molecule has 8 nitrogen and oxygen atoms in total. The molecule has 0 saturated heterocycles. The molecule has 0 radical (unpaired) electrons. The summed E-state index contributed by atoms with van der Waals surface area (Å²) in [6.45, 7) is 3.40. The Balaban J connectivity index is 2.11. The molecule has 148 valence electrons. The number of cyclic esters (lactones) is 1. The van der Waals surface area contributed by atoms with Crippen molar-refractivity contribution in [2.45, 2.75) is 38.6 Å². The van der Waals surface area contributed by atoms with E-state index in [1.807, 2.05) is 0 Å². The molecule has 0 saturated carbocycles. The number of aliphatic hydroxyl groups excluding tert-OH is 2. The number of rotatable bonds is 0. The summed E-state index contributed by atoms with van der Waals surface area (Å²) in [7, 11) is 0. The van der Waals surface area contributed by atoms with Crippen LogP contribution in [0, 0.1) is 5.92 Å². The van der Waals surface area contributed by atoms with Gasteiger partial charge in [0, 0.05) is 17.5 Å². The quantitative estimate of drug-likeness (QED) is 0.507. The number of imidazole rings is 1. The van der Waals surface area contributed by atoms with E-state index in [9.17, 15) is 24.9 Å². The smallest absolute Gasteiger partial charge is 0.342 e. The number of aliphatic hydroxyl groups is 2. The van der Waals surface area contributed by atoms with Gasteiger partial charge in [-0.2, -0.15) is 0 Å². The number of ether oxygens (including phenoxy) is 1. The van der Waals surface area contributed by atoms with E-state index in [1.165, 1.54) is 36.7 Å². The van der Waals surface area contributed by atoms with Gasteiger partial charge in [-0.1, -0.05) is 25.2 Å². The van der Waals surface area contributed by atoms with Crippen LogP contribution in [0.1, 0.15) is 36.2 Å². The molecule has 1 aliphatic rings. The van der Waals surface area contributed by atoms with Gasteiger partial charge >= 0.3 is 5.97 Å². The van der Waals surface area contributed by atoms with Gasteiger partial charge < -0.3 is 25.0 Å². The van der Waals surface area contributed by atoms with Crippen molar-refractivity contribution >= 4 is 28.9 Å². The van der Waals surface area contributed by atoms with Crippen molar-refractivity contribution in [1.29, 1.82) is 0 Å². The Bertz CT molecular complexity index is 961. The van der Waals surface area contributed by atoms with Gasteiger partial charge in [-0.3, -0.25) is 4.79 Å². The predicted octanol–water partition coefficient (Wildman–Crippen LogP) is 1.71. The van der Waals surface area contributed by atoms with Crippen LogP contribution in [0.2, 0.25) is 0 Å². The number of esters is 1. The number of aromatic nitrogens is 2. The van der Waals surface area contributed by atoms with E-state index in [4.69, 9.17) is 4.74 Å². The first-order chi connectivity index (χ1) is 13.3. The second kappa shape index (κ2) is 7.95. The van der Waals surface area contributed by atoms with Crippen LogP contribution in [-0.2, 0) is 9.53 Å². The molecule has 0 aliphatic carbocycles. The first-order valence-electron chi connectivity index (χ1n) is 8.94. The predicted molar refractivity (Wildman–Crippen MR) is 102 cm³/mol. The minimum Gasteiger partial charge on any atom is -0.507 e. The van der Waals surface area contributed by atoms with Gasteiger partial charge in [0.05, 0.1) is 23.5 Å². The molecule has 3 rings (SSSR count). The fourth-order valence-corrected chi connectivity index (χ4v) is 2.95. The second-order valence-corrected chi connectivity index (χ2v) is 6.86. The number of phenolic OH excluding ortho intramolecular Hbond substituents is 1. The fourth-order valence-electron chi connectivity index (χ4n) is 2.95. The van der Waals surface area contributed by atoms with Gasteiger partial charge in [0.1, 0.15) is 23.5 Å². The van der Waals surface area contributed by atoms with E-state index < -0.39 is 30.1 Å². The highest BCUT2D eigenvalue weighted by Gasteiger charge is 2.26. The molecule has 0 fully saturated rings. The van der Waals surface area contributed by atoms with E-state index in [0.717, 1.165) is 0 Å². The lowest BCUT2D eigenvalue weighted by Crippen LogP contribution is -2.32. The van der Waals surface area contributed by atoms with Crippen molar-refractivity contribution < 1.29 is 29.6 Å². The molecule has 4 N–H and O–H groups in total. The molecule has 0 bridgehead atoms. The van der Waals surface area contributed by atoms with Crippen LogP contribution >= 0.6 is 0 Å². The SMILES string of the molecule is C[C@@H]1/C=C\C(=O)[C@@H](O)[C@@H](O)C/C=C/c2c(c(O)cc3[nH]cnc23)C(=O)O[C@H]1C. The summed E-state index contributed by atoms with van der Waals surface area (Å²) in [6, 6.07) is 1.39. The Labute approximate surface area is 161 Å². The molecule has 2 heterocycles. The summed E-state index contributed by atoms with van der Waals surface area (Å²) in [5.74, 6) is -1.95. The largest absolute Gasteiger partial charge is 0.507 e. The Morgan fingerprint density at radius 2 is 1.96 bits per heavy atom. The molecule has 2 aromatic rings. The van der Waals surface area contributed by atoms with Crippen molar-refractivity contribution in [2.75, 3.05) is 0 Å². The Kier molecular flexibility index (Phi) is 5.62. The molecule has 1 aromatic carbocycles. The first-order valence-corrected chi connectivity index (χ1v) is 8.94. The zero-order valence-electron chi connectivity index (χ0n) is 15.5. The van der Waals surface area contributed by atoms with E-state index in [-0.39, 0.29) is 23.7 Å². The number of nitrogens with zero attached hydrogens (tertiary/aromatic N) is 1. The van der Waals surface area contributed by atoms with Crippen LogP contribution in [0.25, 0.3) is 17.1 Å². The number of nitrogens with one attached hydrogen (secondary N) is 1. The number of H-pyrrole nitrogens is 1. The molecule has 0 amide bonds. The standard InChI is InChI=1S/C20H22N2O6/c1-10-6-7-15(24)19(26)14(23)5-3-4-12-17(20(27)28-11(10)2)16(25)8-13-18(12)22-9-21-13/h3-4,6-11,14,19,23,25-26H,5H2,1-2H3,(H,21,22)/b4-3+,7-6-/t10-,11+,14+,19+/m1/s1. The molecular formula is C20H22N2O6. The summed E-state index contributed by atoms with van der Waals surface area (Å²) < 4.78 is 5.48. The van der Waals surface area contributed by atoms with Crippen LogP contribution < -0.4 is 0 Å². The summed E-state index contributed by atoms with van der Waals surface area (Å²) >= 11 is 0. The van der Waals surface area contributed by atoms with Crippen molar-refractivity contribution in [3.63, 3.8) is 0 Å². The number of phenols is 1. The first kappa shape index (κ1) is 19.8. The van der Waals surface area contributed by atoms with Crippen LogP contribution in [0.15, 0.2) is 30.6 Å². The Morgan fingerprint density at radius 1 is 1.21 bits per heavy atom. The number of carbonyl (C=O) groups excluding carboxylic acids is 2. The number of benzene rings is 1. The van der Waals surface area contributed by atoms with Gasteiger partial charge in [0.2, 0.25) is 0 Å². The van der Waals surface area contributed by atoms with E-state index in [1.54, 1.807) is 13.8 Å². The lowest BCUT2D eigenvalue weighted by molar-refractivity contribution is -0.127. The summed E-state index contributed by atoms with van der Waals surface area (Å²) in [6.07, 6.45) is 3.61. The van der Waals surface area contributed by atoms with Gasteiger partial charge in [0.15, 0.2) is 5.78 Å². The maximum absolute atomic E-state index is 12.8. The van der Waals surface area contributed by atoms with Crippen LogP contribution in [0.5, 0.6) is 5.75 Å². The van der Waals surface area contributed by atoms with Crippen LogP contribution in [-0.4, -0.2) is 55.4 Å². The third kappa shape index (κ3) is 3.83. The topological polar surface area (TPSA) is 133 Å². The van der Waals surface area contributed by atoms with Crippen molar-refractivity contribution in [1.82, 2.24) is 9.97 Å². The second-order valence-electron chi connectivity index (χ2n) is 6.86. The number of hydrogen-bond acceptors (Lipinski definition) is 7. The minimum atomic E-state index is -1.57. The average Bonchev–Trinajstić information content (AvgIpc) is 3.11. The molecule has 4 atom stereocenters. The van der Waals surface area contributed by atoms with Crippen molar-refractivity contribution in [2.24, 2.45) is 5.92 Å². The Morgan fingerprint density at radius 3 is 2.71 bits per heavy atom. The maximum Gasteiger partial charge on any atom is 0.342 e. The number of carbonyl (C=O) groups is 2. The molecule has 0 unspecified atom stereocenters. The Hall–Kier alpha value is -2.97. The van der Waals surface area contributed by atoms with Gasteiger partial charge in [-0.05, 0) is 19.4 Å². The third-order valence-corrected chi connectivity index (χ3v) is 4.85. The molecule has 1 aliphatic heterocycles. The van der Waals surface area contributed by atoms with Crippen molar-refractivity contribution in [3.05, 3.63) is 41.7 Å². The number of ketones is 1. The normalized spacial score (nSPS) is 29.0. The highest BCUT2D eigenvalue weighted by atomic mass is 16.5. The van der Waals surface area contributed by atoms with Crippen LogP contribution in [0.4, 0.5) is 0 Å². The summed E-state index contributed by atoms with van der Waals surface area (Å²) in [5.41, 5.74) is 1.25. The van der Waals surface area contributed by atoms with E-state index in [0.29, 0.717) is 16.6 Å². The molecule has 0 spiro atoms. The van der Waals surface area contributed by atoms with E-state index >= 15 is 0 Å². The van der Waals surface area contributed by atoms with Gasteiger partial charge in [-0.15, -0.1) is 0 Å². The average molecular weight is 386 g/mol. The zero-order chi connectivity index (χ0) is 20.4. The number of aromatic hydroxyl groups is 1. The van der Waals surface area contributed by atoms with Gasteiger partial charge in [-0.25, -0.2) is 9.78 Å². The summed E-state index contributed by atoms with van der Waals surface area (Å²) in [4.78, 5) is 31.8. The summed E-state index contributed by atoms with van der Waals surface area (Å²) in [5, 5.41) is 30.5. The highest BCUT2D eigenvalue weighted by Crippen LogP contribution is 2.31. The van der Waals surface area contributed by atoms with Crippen molar-refractivity contribution in [3.8, 4) is 5.75 Å². The van der Waals surface area contributed by atoms with Gasteiger partial charge in [0.25, 0.3) is 0 Å². The minimum absolute atomic E-state index is 0.0389. The highest BCUT2D eigenvalue weighted by molar-refractivity contribution is 6.03. The van der Waals surface area contributed by atoms with Crippen LogP contribution in [0.3, 0.4) is 0 Å². The lowest BCUT2D eigenvalue weighted by Gasteiger charge is -2.20. The molecular weight excluding hydrogens is 364 g/mol. The molecule has 8 heteroatoms. The zero-order valence-corrected chi connectivity index (χ0v) is 15.5. The van der Waals surface area contributed by atoms with E-state index in [2.05, 4.69) is 9.97 Å². The number of fused-ring (bicyclic) bond motifs is 3.